The predicted octanol–water partition coefficient (Wildman–Crippen LogP) is 3.73. The summed E-state index contributed by atoms with van der Waals surface area (Å²) >= 11 is 0. The minimum atomic E-state index is -0.908. The lowest BCUT2D eigenvalue weighted by molar-refractivity contribution is -0.132. The van der Waals surface area contributed by atoms with Crippen molar-refractivity contribution >= 4 is 23.1 Å². The molecular formula is C25H22N2O6. The maximum atomic E-state index is 13.3. The van der Waals surface area contributed by atoms with Crippen LogP contribution in [0.25, 0.3) is 5.76 Å². The number of aliphatic hydroxyl groups excluding tert-OH is 1. The Morgan fingerprint density at radius 2 is 1.55 bits per heavy atom. The number of hydrogen-bond donors (Lipinski definition) is 1. The van der Waals surface area contributed by atoms with Crippen LogP contribution in [0.5, 0.6) is 17.2 Å². The van der Waals surface area contributed by atoms with Crippen molar-refractivity contribution in [1.29, 1.82) is 0 Å². The third kappa shape index (κ3) is 3.76. The molecule has 0 saturated carbocycles. The Balaban J connectivity index is 2.00. The molecule has 168 valence electrons. The summed E-state index contributed by atoms with van der Waals surface area (Å²) in [4.78, 5) is 31.9. The molecule has 1 atom stereocenters. The first kappa shape index (κ1) is 21.9. The van der Waals surface area contributed by atoms with Crippen LogP contribution in [0.1, 0.15) is 17.2 Å². The number of carbonyl (C=O) groups excluding carboxylic acids is 2. The first-order valence-electron chi connectivity index (χ1n) is 10.1. The second kappa shape index (κ2) is 9.04. The molecule has 1 N–H and O–H groups in total. The smallest absolute Gasteiger partial charge is 0.300 e. The Kier molecular flexibility index (Phi) is 5.99. The number of carbonyl (C=O) groups is 2. The number of ketones is 1. The fourth-order valence-electron chi connectivity index (χ4n) is 3.94. The van der Waals surface area contributed by atoms with Crippen molar-refractivity contribution in [2.24, 2.45) is 0 Å². The molecule has 1 aromatic heterocycles. The van der Waals surface area contributed by atoms with Crippen LogP contribution in [0, 0.1) is 0 Å². The highest BCUT2D eigenvalue weighted by Crippen LogP contribution is 2.45. The number of benzene rings is 2. The molecule has 3 aromatic rings. The number of ether oxygens (including phenoxy) is 3. The van der Waals surface area contributed by atoms with Crippen molar-refractivity contribution in [3.63, 3.8) is 0 Å². The van der Waals surface area contributed by atoms with Gasteiger partial charge in [-0.05, 0) is 42.0 Å². The molecule has 0 aliphatic carbocycles. The Bertz CT molecular complexity index is 1220. The fourth-order valence-corrected chi connectivity index (χ4v) is 3.94. The highest BCUT2D eigenvalue weighted by atomic mass is 16.5. The third-order valence-corrected chi connectivity index (χ3v) is 5.46. The Hall–Kier alpha value is -4.33. The standard InChI is InChI=1S/C25H22N2O6/c1-31-17-7-4-6-16(14-17)27-22(15-10-12-26-13-11-15)21(24(29)25(27)30)23(28)20-18(32-2)8-5-9-19(20)33-3/h4-14,22,28H,1-3H3/b23-21+. The number of methoxy groups -OCH3 is 3. The van der Waals surface area contributed by atoms with E-state index in [1.165, 1.54) is 26.2 Å². The maximum absolute atomic E-state index is 13.3. The van der Waals surface area contributed by atoms with E-state index >= 15 is 0 Å². The summed E-state index contributed by atoms with van der Waals surface area (Å²) in [6.45, 7) is 0. The van der Waals surface area contributed by atoms with Gasteiger partial charge in [0.2, 0.25) is 0 Å². The molecule has 1 fully saturated rings. The van der Waals surface area contributed by atoms with Crippen LogP contribution in [-0.2, 0) is 9.59 Å². The summed E-state index contributed by atoms with van der Waals surface area (Å²) in [5, 5.41) is 11.4. The summed E-state index contributed by atoms with van der Waals surface area (Å²) < 4.78 is 16.1. The maximum Gasteiger partial charge on any atom is 0.300 e. The molecule has 1 saturated heterocycles. The first-order chi connectivity index (χ1) is 16.0. The van der Waals surface area contributed by atoms with Gasteiger partial charge >= 0.3 is 0 Å². The summed E-state index contributed by atoms with van der Waals surface area (Å²) in [6, 6.07) is 14.3. The van der Waals surface area contributed by atoms with E-state index in [0.29, 0.717) is 28.5 Å². The van der Waals surface area contributed by atoms with Gasteiger partial charge in [0.05, 0.1) is 32.9 Å². The molecular weight excluding hydrogens is 424 g/mol. The lowest BCUT2D eigenvalue weighted by atomic mass is 9.95. The molecule has 0 radical (unpaired) electrons. The van der Waals surface area contributed by atoms with Crippen molar-refractivity contribution in [2.75, 3.05) is 26.2 Å². The van der Waals surface area contributed by atoms with E-state index in [4.69, 9.17) is 14.2 Å². The summed E-state index contributed by atoms with van der Waals surface area (Å²) in [5.74, 6) is -0.879. The van der Waals surface area contributed by atoms with Crippen molar-refractivity contribution in [3.8, 4) is 17.2 Å². The van der Waals surface area contributed by atoms with Crippen LogP contribution < -0.4 is 19.1 Å². The first-order valence-corrected chi connectivity index (χ1v) is 10.1. The molecule has 1 unspecified atom stereocenters. The van der Waals surface area contributed by atoms with Crippen LogP contribution in [0.3, 0.4) is 0 Å². The molecule has 1 aliphatic rings. The van der Waals surface area contributed by atoms with Gasteiger partial charge in [-0.2, -0.15) is 0 Å². The molecule has 8 nitrogen and oxygen atoms in total. The summed E-state index contributed by atoms with van der Waals surface area (Å²) in [7, 11) is 4.41. The monoisotopic (exact) mass is 446 g/mol. The summed E-state index contributed by atoms with van der Waals surface area (Å²) in [6.07, 6.45) is 3.12. The van der Waals surface area contributed by atoms with E-state index < -0.39 is 23.5 Å². The van der Waals surface area contributed by atoms with Crippen LogP contribution in [0.15, 0.2) is 72.6 Å². The zero-order valence-corrected chi connectivity index (χ0v) is 18.3. The van der Waals surface area contributed by atoms with E-state index in [0.717, 1.165) is 0 Å². The molecule has 1 aliphatic heterocycles. The van der Waals surface area contributed by atoms with E-state index in [1.54, 1.807) is 67.0 Å². The van der Waals surface area contributed by atoms with E-state index in [9.17, 15) is 14.7 Å². The number of rotatable bonds is 6. The second-order valence-electron chi connectivity index (χ2n) is 7.19. The van der Waals surface area contributed by atoms with Gasteiger partial charge in [0.25, 0.3) is 11.7 Å². The average Bonchev–Trinajstić information content (AvgIpc) is 3.13. The SMILES string of the molecule is COc1cccc(N2C(=O)C(=O)/C(=C(/O)c3c(OC)cccc3OC)C2c2ccncc2)c1. The lowest BCUT2D eigenvalue weighted by Gasteiger charge is -2.26. The largest absolute Gasteiger partial charge is 0.506 e. The quantitative estimate of drug-likeness (QED) is 0.350. The number of anilines is 1. The van der Waals surface area contributed by atoms with Gasteiger partial charge in [0.15, 0.2) is 0 Å². The second-order valence-corrected chi connectivity index (χ2v) is 7.19. The van der Waals surface area contributed by atoms with Crippen molar-refractivity contribution in [2.45, 2.75) is 6.04 Å². The fraction of sp³-hybridized carbons (Fsp3) is 0.160. The molecule has 1 amide bonds. The normalized spacial score (nSPS) is 17.2. The highest BCUT2D eigenvalue weighted by molar-refractivity contribution is 6.51. The summed E-state index contributed by atoms with van der Waals surface area (Å²) in [5.41, 5.74) is 1.15. The number of aliphatic hydroxyl groups is 1. The molecule has 2 aromatic carbocycles. The zero-order valence-electron chi connectivity index (χ0n) is 18.3. The van der Waals surface area contributed by atoms with Crippen LogP contribution in [0.2, 0.25) is 0 Å². The molecule has 4 rings (SSSR count). The molecule has 8 heteroatoms. The molecule has 0 spiro atoms. The number of Topliss-reactive ketones (excluding diaryl/α,β-unsaturated/α-hetero) is 1. The van der Waals surface area contributed by atoms with Crippen molar-refractivity contribution in [3.05, 3.63) is 83.7 Å². The molecule has 0 bridgehead atoms. The number of hydrogen-bond acceptors (Lipinski definition) is 7. The van der Waals surface area contributed by atoms with Gasteiger partial charge < -0.3 is 19.3 Å². The molecule has 2 heterocycles. The van der Waals surface area contributed by atoms with E-state index in [2.05, 4.69) is 4.98 Å². The third-order valence-electron chi connectivity index (χ3n) is 5.46. The topological polar surface area (TPSA) is 98.2 Å². The Morgan fingerprint density at radius 1 is 0.909 bits per heavy atom. The Morgan fingerprint density at radius 3 is 2.15 bits per heavy atom. The average molecular weight is 446 g/mol. The van der Waals surface area contributed by atoms with Gasteiger partial charge in [0.1, 0.15) is 28.6 Å². The number of amides is 1. The zero-order chi connectivity index (χ0) is 23.5. The minimum Gasteiger partial charge on any atom is -0.506 e. The van der Waals surface area contributed by atoms with E-state index in [1.807, 2.05) is 0 Å². The number of pyridine rings is 1. The minimum absolute atomic E-state index is 0.0863. The number of nitrogens with zero attached hydrogens (tertiary/aromatic N) is 2. The highest BCUT2D eigenvalue weighted by Gasteiger charge is 2.47. The Labute approximate surface area is 190 Å². The van der Waals surface area contributed by atoms with Crippen molar-refractivity contribution < 1.29 is 28.9 Å². The predicted molar refractivity (Wildman–Crippen MR) is 122 cm³/mol. The van der Waals surface area contributed by atoms with Crippen LogP contribution >= 0.6 is 0 Å². The van der Waals surface area contributed by atoms with Gasteiger partial charge in [0, 0.05) is 24.1 Å². The van der Waals surface area contributed by atoms with Gasteiger partial charge in [-0.3, -0.25) is 19.5 Å². The van der Waals surface area contributed by atoms with Crippen LogP contribution in [0.4, 0.5) is 5.69 Å². The lowest BCUT2D eigenvalue weighted by Crippen LogP contribution is -2.29. The van der Waals surface area contributed by atoms with Crippen LogP contribution in [-0.4, -0.2) is 43.1 Å². The van der Waals surface area contributed by atoms with Gasteiger partial charge in [-0.1, -0.05) is 12.1 Å². The van der Waals surface area contributed by atoms with E-state index in [-0.39, 0.29) is 11.1 Å². The van der Waals surface area contributed by atoms with Gasteiger partial charge in [-0.15, -0.1) is 0 Å². The van der Waals surface area contributed by atoms with Gasteiger partial charge in [-0.25, -0.2) is 0 Å². The number of aromatic nitrogens is 1. The van der Waals surface area contributed by atoms with Crippen molar-refractivity contribution in [1.82, 2.24) is 4.98 Å². The molecule has 33 heavy (non-hydrogen) atoms.